The Kier molecular flexibility index (Phi) is 4.95. The third-order valence-corrected chi connectivity index (χ3v) is 4.82. The molecule has 20 heavy (non-hydrogen) atoms. The molecule has 1 atom stereocenters. The van der Waals surface area contributed by atoms with E-state index in [-0.39, 0.29) is 11.9 Å². The summed E-state index contributed by atoms with van der Waals surface area (Å²) < 4.78 is 5.11. The van der Waals surface area contributed by atoms with E-state index in [0.29, 0.717) is 18.1 Å². The summed E-state index contributed by atoms with van der Waals surface area (Å²) in [4.78, 5) is 17.7. The van der Waals surface area contributed by atoms with Crippen LogP contribution in [-0.4, -0.2) is 60.0 Å². The molecule has 1 aliphatic rings. The molecule has 1 saturated heterocycles. The Morgan fingerprint density at radius 1 is 1.45 bits per heavy atom. The van der Waals surface area contributed by atoms with E-state index in [9.17, 15) is 4.79 Å². The number of piperazine rings is 1. The van der Waals surface area contributed by atoms with Gasteiger partial charge in [-0.25, -0.2) is 0 Å². The number of amides is 1. The highest BCUT2D eigenvalue weighted by atomic mass is 32.1. The van der Waals surface area contributed by atoms with E-state index in [1.54, 1.807) is 13.2 Å². The monoisotopic (exact) mass is 313 g/mol. The van der Waals surface area contributed by atoms with Crippen LogP contribution in [0.15, 0.2) is 11.4 Å². The fourth-order valence-corrected chi connectivity index (χ4v) is 3.16. The van der Waals surface area contributed by atoms with E-state index in [0.717, 1.165) is 23.7 Å². The van der Waals surface area contributed by atoms with Crippen molar-refractivity contribution in [2.24, 2.45) is 5.73 Å². The first-order chi connectivity index (χ1) is 9.52. The first-order valence-corrected chi connectivity index (χ1v) is 7.77. The van der Waals surface area contributed by atoms with Gasteiger partial charge in [-0.05, 0) is 6.92 Å². The third kappa shape index (κ3) is 3.28. The van der Waals surface area contributed by atoms with E-state index in [1.165, 1.54) is 11.3 Å². The van der Waals surface area contributed by atoms with Crippen LogP contribution in [-0.2, 0) is 0 Å². The van der Waals surface area contributed by atoms with Crippen molar-refractivity contribution >= 4 is 34.5 Å². The molecule has 1 aliphatic heterocycles. The summed E-state index contributed by atoms with van der Waals surface area (Å²) in [6.45, 7) is 5.00. The molecule has 1 aromatic heterocycles. The second-order valence-corrected chi connectivity index (χ2v) is 6.14. The van der Waals surface area contributed by atoms with Crippen molar-refractivity contribution in [1.82, 2.24) is 9.80 Å². The van der Waals surface area contributed by atoms with E-state index in [2.05, 4.69) is 4.90 Å². The Balaban J connectivity index is 1.93. The average molecular weight is 313 g/mol. The molecule has 1 unspecified atom stereocenters. The summed E-state index contributed by atoms with van der Waals surface area (Å²) in [6.07, 6.45) is 0. The molecule has 2 heterocycles. The maximum Gasteiger partial charge on any atom is 0.264 e. The van der Waals surface area contributed by atoms with E-state index in [1.807, 2.05) is 17.2 Å². The number of methoxy groups -OCH3 is 1. The molecule has 0 saturated carbocycles. The minimum Gasteiger partial charge on any atom is -0.496 e. The molecule has 0 radical (unpaired) electrons. The third-order valence-electron chi connectivity index (χ3n) is 3.58. The van der Waals surface area contributed by atoms with Crippen molar-refractivity contribution in [2.45, 2.75) is 13.0 Å². The van der Waals surface area contributed by atoms with Crippen molar-refractivity contribution < 1.29 is 9.53 Å². The van der Waals surface area contributed by atoms with Gasteiger partial charge in [0, 0.05) is 37.6 Å². The van der Waals surface area contributed by atoms with Crippen molar-refractivity contribution in [2.75, 3.05) is 33.3 Å². The Hall–Kier alpha value is -1.18. The summed E-state index contributed by atoms with van der Waals surface area (Å²) in [5.74, 6) is 0.806. The van der Waals surface area contributed by atoms with Gasteiger partial charge in [-0.1, -0.05) is 12.2 Å². The minimum atomic E-state index is 0.0703. The number of nitrogens with zero attached hydrogens (tertiary/aromatic N) is 2. The Morgan fingerprint density at radius 2 is 2.10 bits per heavy atom. The fraction of sp³-hybridized carbons (Fsp3) is 0.538. The van der Waals surface area contributed by atoms with Gasteiger partial charge in [-0.2, -0.15) is 0 Å². The molecule has 0 spiro atoms. The second-order valence-electron chi connectivity index (χ2n) is 4.76. The van der Waals surface area contributed by atoms with Gasteiger partial charge in [0.2, 0.25) is 0 Å². The Bertz CT molecular complexity index is 496. The zero-order chi connectivity index (χ0) is 14.7. The first kappa shape index (κ1) is 15.2. The van der Waals surface area contributed by atoms with Gasteiger partial charge in [-0.15, -0.1) is 11.3 Å². The van der Waals surface area contributed by atoms with Crippen LogP contribution in [0.2, 0.25) is 0 Å². The van der Waals surface area contributed by atoms with Gasteiger partial charge in [0.25, 0.3) is 5.91 Å². The van der Waals surface area contributed by atoms with Crippen LogP contribution in [0.25, 0.3) is 0 Å². The lowest BCUT2D eigenvalue weighted by atomic mass is 10.2. The lowest BCUT2D eigenvalue weighted by Crippen LogP contribution is -2.53. The Morgan fingerprint density at radius 3 is 2.60 bits per heavy atom. The zero-order valence-corrected chi connectivity index (χ0v) is 13.3. The summed E-state index contributed by atoms with van der Waals surface area (Å²) >= 11 is 6.43. The number of thiophene rings is 1. The maximum absolute atomic E-state index is 12.4. The lowest BCUT2D eigenvalue weighted by molar-refractivity contribution is 0.0626. The number of hydrogen-bond acceptors (Lipinski definition) is 5. The highest BCUT2D eigenvalue weighted by molar-refractivity contribution is 7.80. The topological polar surface area (TPSA) is 58.8 Å². The number of thiocarbonyl (C=S) groups is 1. The minimum absolute atomic E-state index is 0.0703. The predicted octanol–water partition coefficient (Wildman–Crippen LogP) is 1.19. The number of nitrogens with two attached hydrogens (primary N) is 1. The summed E-state index contributed by atoms with van der Waals surface area (Å²) in [7, 11) is 1.60. The number of ether oxygens (including phenoxy) is 1. The van der Waals surface area contributed by atoms with Crippen molar-refractivity contribution in [3.63, 3.8) is 0 Å². The molecule has 0 bridgehead atoms. The van der Waals surface area contributed by atoms with Crippen LogP contribution < -0.4 is 10.5 Å². The largest absolute Gasteiger partial charge is 0.496 e. The zero-order valence-electron chi connectivity index (χ0n) is 11.7. The molecule has 110 valence electrons. The molecular weight excluding hydrogens is 294 g/mol. The second kappa shape index (κ2) is 6.51. The van der Waals surface area contributed by atoms with Crippen LogP contribution in [0, 0.1) is 0 Å². The van der Waals surface area contributed by atoms with Crippen LogP contribution in [0.1, 0.15) is 16.6 Å². The molecule has 1 aromatic rings. The number of rotatable bonds is 4. The van der Waals surface area contributed by atoms with Gasteiger partial charge < -0.3 is 15.4 Å². The van der Waals surface area contributed by atoms with E-state index in [4.69, 9.17) is 22.7 Å². The smallest absolute Gasteiger partial charge is 0.264 e. The fourth-order valence-electron chi connectivity index (χ4n) is 2.19. The SMILES string of the molecule is COc1csc(C(=O)N2CCN(C(C)C(N)=S)CC2)c1. The van der Waals surface area contributed by atoms with Crippen LogP contribution in [0.3, 0.4) is 0 Å². The highest BCUT2D eigenvalue weighted by Crippen LogP contribution is 2.23. The standard InChI is InChI=1S/C13H19N3O2S2/c1-9(12(14)19)15-3-5-16(6-4-15)13(17)11-7-10(18-2)8-20-11/h7-9H,3-6H2,1-2H3,(H2,14,19). The highest BCUT2D eigenvalue weighted by Gasteiger charge is 2.26. The molecule has 7 heteroatoms. The van der Waals surface area contributed by atoms with Gasteiger partial charge in [0.15, 0.2) is 0 Å². The van der Waals surface area contributed by atoms with Gasteiger partial charge in [0.05, 0.1) is 23.0 Å². The number of carbonyl (C=O) groups is 1. The number of hydrogen-bond donors (Lipinski definition) is 1. The normalized spacial score (nSPS) is 17.8. The summed E-state index contributed by atoms with van der Waals surface area (Å²) in [6, 6.07) is 1.88. The van der Waals surface area contributed by atoms with Crippen molar-refractivity contribution in [3.05, 3.63) is 16.3 Å². The molecule has 0 aromatic carbocycles. The van der Waals surface area contributed by atoms with Gasteiger partial charge in [-0.3, -0.25) is 9.69 Å². The van der Waals surface area contributed by atoms with Crippen molar-refractivity contribution in [1.29, 1.82) is 0 Å². The molecule has 1 fully saturated rings. The quantitative estimate of drug-likeness (QED) is 0.846. The molecular formula is C13H19N3O2S2. The molecule has 2 rings (SSSR count). The van der Waals surface area contributed by atoms with E-state index >= 15 is 0 Å². The Labute approximate surface area is 128 Å². The number of carbonyl (C=O) groups excluding carboxylic acids is 1. The van der Waals surface area contributed by atoms with Gasteiger partial charge in [0.1, 0.15) is 5.75 Å². The van der Waals surface area contributed by atoms with Crippen LogP contribution >= 0.6 is 23.6 Å². The average Bonchev–Trinajstić information content (AvgIpc) is 2.94. The molecule has 2 N–H and O–H groups in total. The lowest BCUT2D eigenvalue weighted by Gasteiger charge is -2.37. The molecule has 1 amide bonds. The summed E-state index contributed by atoms with van der Waals surface area (Å²) in [5, 5.41) is 1.85. The summed E-state index contributed by atoms with van der Waals surface area (Å²) in [5.41, 5.74) is 5.67. The predicted molar refractivity (Wildman–Crippen MR) is 84.6 cm³/mol. The maximum atomic E-state index is 12.4. The van der Waals surface area contributed by atoms with Gasteiger partial charge >= 0.3 is 0 Å². The van der Waals surface area contributed by atoms with Crippen LogP contribution in [0.5, 0.6) is 5.75 Å². The van der Waals surface area contributed by atoms with Crippen LogP contribution in [0.4, 0.5) is 0 Å². The first-order valence-electron chi connectivity index (χ1n) is 6.48. The molecule has 5 nitrogen and oxygen atoms in total. The van der Waals surface area contributed by atoms with Crippen molar-refractivity contribution in [3.8, 4) is 5.75 Å². The molecule has 0 aliphatic carbocycles. The van der Waals surface area contributed by atoms with E-state index < -0.39 is 0 Å².